The van der Waals surface area contributed by atoms with Crippen LogP contribution in [0, 0.1) is 0 Å². The smallest absolute Gasteiger partial charge is 0.258 e. The third-order valence-electron chi connectivity index (χ3n) is 9.82. The monoisotopic (exact) mass is 712 g/mol. The standard InChI is InChI=1S/C21H25N5O.C20H23N5O/c1-15-13-25(10-9-22-15)18-7-8-20-23-19(12-21(27)26(20)14-18)16-5-4-6-17(11-16)24(2)3;1-23(2)16-5-3-4-15(12-16)18-13-20(26)25-14-17(6-7-19(25)22-18)24-10-8-21-9-11-24/h4-8,11-12,14-15,22H,9-10,13H2,1-3H3;3-7,12-14,21H,8-11H2,1-2H3/t15-;/m0./s1. The van der Waals surface area contributed by atoms with E-state index in [-0.39, 0.29) is 11.1 Å². The molecule has 2 N–H and O–H groups in total. The van der Waals surface area contributed by atoms with Crippen molar-refractivity contribution in [3.8, 4) is 22.5 Å². The van der Waals surface area contributed by atoms with Gasteiger partial charge in [-0.25, -0.2) is 9.97 Å². The predicted molar refractivity (Wildman–Crippen MR) is 217 cm³/mol. The van der Waals surface area contributed by atoms with E-state index in [2.05, 4.69) is 39.5 Å². The fraction of sp³-hybridized carbons (Fsp3) is 0.317. The van der Waals surface area contributed by atoms with Crippen molar-refractivity contribution in [1.29, 1.82) is 0 Å². The van der Waals surface area contributed by atoms with Crippen LogP contribution < -0.4 is 41.4 Å². The predicted octanol–water partition coefficient (Wildman–Crippen LogP) is 4.06. The number of hydrogen-bond donors (Lipinski definition) is 2. The van der Waals surface area contributed by atoms with Gasteiger partial charge in [-0.1, -0.05) is 24.3 Å². The minimum Gasteiger partial charge on any atom is -0.378 e. The molecular weight excluding hydrogens is 665 g/mol. The molecule has 12 nitrogen and oxygen atoms in total. The summed E-state index contributed by atoms with van der Waals surface area (Å²) in [5.41, 5.74) is 8.79. The molecule has 8 rings (SSSR count). The SMILES string of the molecule is CN(C)c1cccc(-c2cc(=O)n3cc(N4CCNCC4)ccc3n2)c1.C[C@H]1CN(c2ccc3nc(-c4cccc(N(C)C)c4)cc(=O)n3c2)CCN1. The van der Waals surface area contributed by atoms with Crippen LogP contribution in [0.2, 0.25) is 0 Å². The number of hydrogen-bond acceptors (Lipinski definition) is 10. The zero-order valence-electron chi connectivity index (χ0n) is 31.2. The number of anilines is 4. The lowest BCUT2D eigenvalue weighted by Gasteiger charge is -2.33. The van der Waals surface area contributed by atoms with Crippen molar-refractivity contribution >= 4 is 34.0 Å². The Balaban J connectivity index is 0.000000164. The average molecular weight is 713 g/mol. The molecule has 0 bridgehead atoms. The Bertz CT molecular complexity index is 2340. The molecule has 4 aromatic heterocycles. The molecule has 0 saturated carbocycles. The van der Waals surface area contributed by atoms with Crippen LogP contribution in [0.5, 0.6) is 0 Å². The topological polar surface area (TPSA) is 106 Å². The molecule has 0 unspecified atom stereocenters. The molecule has 6 heterocycles. The fourth-order valence-electron chi connectivity index (χ4n) is 6.83. The number of rotatable bonds is 6. The first kappa shape index (κ1) is 35.7. The fourth-order valence-corrected chi connectivity index (χ4v) is 6.83. The van der Waals surface area contributed by atoms with Crippen molar-refractivity contribution in [2.24, 2.45) is 0 Å². The van der Waals surface area contributed by atoms with E-state index >= 15 is 0 Å². The summed E-state index contributed by atoms with van der Waals surface area (Å²) in [5.74, 6) is 0. The third kappa shape index (κ3) is 8.03. The van der Waals surface area contributed by atoms with Crippen LogP contribution in [0.1, 0.15) is 6.92 Å². The zero-order chi connectivity index (χ0) is 37.1. The molecule has 12 heteroatoms. The van der Waals surface area contributed by atoms with Crippen molar-refractivity contribution in [1.82, 2.24) is 29.4 Å². The summed E-state index contributed by atoms with van der Waals surface area (Å²) in [6.07, 6.45) is 3.80. The molecule has 0 aliphatic carbocycles. The van der Waals surface area contributed by atoms with Crippen LogP contribution in [0.3, 0.4) is 0 Å². The number of benzene rings is 2. The van der Waals surface area contributed by atoms with Gasteiger partial charge in [-0.2, -0.15) is 0 Å². The van der Waals surface area contributed by atoms with E-state index in [0.717, 1.165) is 79.7 Å². The van der Waals surface area contributed by atoms with E-state index in [1.165, 1.54) is 0 Å². The highest BCUT2D eigenvalue weighted by Gasteiger charge is 2.17. The molecule has 2 aliphatic heterocycles. The number of fused-ring (bicyclic) bond motifs is 2. The molecule has 53 heavy (non-hydrogen) atoms. The van der Waals surface area contributed by atoms with Crippen molar-refractivity contribution < 1.29 is 0 Å². The van der Waals surface area contributed by atoms with Gasteiger partial charge in [0.05, 0.1) is 22.8 Å². The highest BCUT2D eigenvalue weighted by molar-refractivity contribution is 5.68. The van der Waals surface area contributed by atoms with Crippen LogP contribution in [0.4, 0.5) is 22.7 Å². The number of pyridine rings is 2. The molecule has 0 spiro atoms. The van der Waals surface area contributed by atoms with Gasteiger partial charge < -0.3 is 30.2 Å². The van der Waals surface area contributed by atoms with E-state index in [9.17, 15) is 9.59 Å². The van der Waals surface area contributed by atoms with Gasteiger partial charge in [0, 0.05) is 127 Å². The number of nitrogens with zero attached hydrogens (tertiary/aromatic N) is 8. The van der Waals surface area contributed by atoms with Crippen molar-refractivity contribution in [2.45, 2.75) is 13.0 Å². The van der Waals surface area contributed by atoms with E-state index in [1.54, 1.807) is 20.9 Å². The van der Waals surface area contributed by atoms with Crippen LogP contribution in [-0.2, 0) is 0 Å². The van der Waals surface area contributed by atoms with Crippen molar-refractivity contribution in [2.75, 3.05) is 93.6 Å². The van der Waals surface area contributed by atoms with Crippen molar-refractivity contribution in [3.05, 3.63) is 118 Å². The van der Waals surface area contributed by atoms with Crippen LogP contribution in [-0.4, -0.2) is 98.8 Å². The van der Waals surface area contributed by atoms with E-state index in [4.69, 9.17) is 9.97 Å². The molecule has 2 aromatic carbocycles. The maximum absolute atomic E-state index is 12.8. The molecule has 0 amide bonds. The first-order chi connectivity index (χ1) is 25.6. The Kier molecular flexibility index (Phi) is 10.4. The van der Waals surface area contributed by atoms with E-state index in [1.807, 2.05) is 111 Å². The van der Waals surface area contributed by atoms with E-state index in [0.29, 0.717) is 28.7 Å². The van der Waals surface area contributed by atoms with Crippen LogP contribution in [0.15, 0.2) is 107 Å². The van der Waals surface area contributed by atoms with Crippen molar-refractivity contribution in [3.63, 3.8) is 0 Å². The number of piperazine rings is 2. The van der Waals surface area contributed by atoms with Gasteiger partial charge in [-0.3, -0.25) is 18.4 Å². The Hall–Kier alpha value is -5.72. The maximum atomic E-state index is 12.8. The molecule has 0 radical (unpaired) electrons. The van der Waals surface area contributed by atoms with Crippen LogP contribution in [0.25, 0.3) is 33.8 Å². The molecule has 2 fully saturated rings. The summed E-state index contributed by atoms with van der Waals surface area (Å²) in [5, 5.41) is 6.79. The largest absolute Gasteiger partial charge is 0.378 e. The van der Waals surface area contributed by atoms with Gasteiger partial charge >= 0.3 is 0 Å². The molecular formula is C41H48N10O2. The second-order valence-electron chi connectivity index (χ2n) is 14.1. The Morgan fingerprint density at radius 3 is 1.60 bits per heavy atom. The Morgan fingerprint density at radius 2 is 1.11 bits per heavy atom. The first-order valence-electron chi connectivity index (χ1n) is 18.2. The molecule has 2 saturated heterocycles. The highest BCUT2D eigenvalue weighted by Crippen LogP contribution is 2.25. The second kappa shape index (κ2) is 15.5. The van der Waals surface area contributed by atoms with Gasteiger partial charge in [0.2, 0.25) is 0 Å². The molecule has 6 aromatic rings. The minimum atomic E-state index is -0.0599. The first-order valence-corrected chi connectivity index (χ1v) is 18.2. The Labute approximate surface area is 309 Å². The zero-order valence-corrected chi connectivity index (χ0v) is 31.2. The summed E-state index contributed by atoms with van der Waals surface area (Å²) in [6, 6.07) is 27.8. The summed E-state index contributed by atoms with van der Waals surface area (Å²) in [7, 11) is 8.00. The number of nitrogens with one attached hydrogen (secondary N) is 2. The lowest BCUT2D eigenvalue weighted by Crippen LogP contribution is -2.49. The summed E-state index contributed by atoms with van der Waals surface area (Å²) < 4.78 is 3.28. The minimum absolute atomic E-state index is 0.0581. The Morgan fingerprint density at radius 1 is 0.623 bits per heavy atom. The second-order valence-corrected chi connectivity index (χ2v) is 14.1. The van der Waals surface area contributed by atoms with Gasteiger partial charge in [0.15, 0.2) is 0 Å². The van der Waals surface area contributed by atoms with Gasteiger partial charge in [0.1, 0.15) is 11.3 Å². The lowest BCUT2D eigenvalue weighted by molar-refractivity contribution is 0.484. The molecule has 274 valence electrons. The quantitative estimate of drug-likeness (QED) is 0.263. The maximum Gasteiger partial charge on any atom is 0.258 e. The highest BCUT2D eigenvalue weighted by atomic mass is 16.1. The van der Waals surface area contributed by atoms with Gasteiger partial charge in [-0.15, -0.1) is 0 Å². The lowest BCUT2D eigenvalue weighted by atomic mass is 10.1. The average Bonchev–Trinajstić information content (AvgIpc) is 3.18. The third-order valence-corrected chi connectivity index (χ3v) is 9.82. The van der Waals surface area contributed by atoms with Crippen LogP contribution >= 0.6 is 0 Å². The molecule has 2 aliphatic rings. The van der Waals surface area contributed by atoms with E-state index < -0.39 is 0 Å². The normalized spacial score (nSPS) is 16.0. The summed E-state index contributed by atoms with van der Waals surface area (Å²) >= 11 is 0. The number of aromatic nitrogens is 4. The van der Waals surface area contributed by atoms with Gasteiger partial charge in [0.25, 0.3) is 11.1 Å². The summed E-state index contributed by atoms with van der Waals surface area (Å²) in [6.45, 7) is 8.82. The summed E-state index contributed by atoms with van der Waals surface area (Å²) in [4.78, 5) is 43.6. The molecule has 1 atom stereocenters. The van der Waals surface area contributed by atoms with Gasteiger partial charge in [-0.05, 0) is 55.5 Å².